The van der Waals surface area contributed by atoms with Gasteiger partial charge in [0.25, 0.3) is 10.0 Å². The molecule has 0 amide bonds. The van der Waals surface area contributed by atoms with Gasteiger partial charge >= 0.3 is 0 Å². The average molecular weight is 313 g/mol. The maximum atomic E-state index is 13.4. The predicted octanol–water partition coefficient (Wildman–Crippen LogP) is 1.94. The zero-order valence-electron chi connectivity index (χ0n) is 9.71. The van der Waals surface area contributed by atoms with Crippen LogP contribution in [0.1, 0.15) is 5.56 Å². The highest BCUT2D eigenvalue weighted by Gasteiger charge is 2.21. The van der Waals surface area contributed by atoms with E-state index in [2.05, 4.69) is 14.7 Å². The van der Waals surface area contributed by atoms with Crippen molar-refractivity contribution in [1.82, 2.24) is 9.97 Å². The number of halogens is 2. The molecule has 20 heavy (non-hydrogen) atoms. The summed E-state index contributed by atoms with van der Waals surface area (Å²) in [5.41, 5.74) is -0.569. The molecular weight excluding hydrogens is 307 g/mol. The fraction of sp³-hybridized carbons (Fsp3) is 0. The monoisotopic (exact) mass is 312 g/mol. The quantitative estimate of drug-likeness (QED) is 0.874. The van der Waals surface area contributed by atoms with Gasteiger partial charge in [-0.25, -0.2) is 22.8 Å². The molecule has 1 aromatic heterocycles. The molecule has 0 fully saturated rings. The van der Waals surface area contributed by atoms with Gasteiger partial charge < -0.3 is 0 Å². The van der Waals surface area contributed by atoms with E-state index in [0.717, 1.165) is 18.5 Å². The van der Waals surface area contributed by atoms with E-state index < -0.39 is 26.3 Å². The third kappa shape index (κ3) is 2.84. The first-order chi connectivity index (χ1) is 9.44. The van der Waals surface area contributed by atoms with Crippen LogP contribution >= 0.6 is 11.6 Å². The maximum absolute atomic E-state index is 13.4. The van der Waals surface area contributed by atoms with E-state index in [4.69, 9.17) is 16.9 Å². The highest BCUT2D eigenvalue weighted by Crippen LogP contribution is 2.21. The summed E-state index contributed by atoms with van der Waals surface area (Å²) in [7, 11) is -4.16. The fourth-order valence-corrected chi connectivity index (χ4v) is 2.73. The number of nitrogens with one attached hydrogen (secondary N) is 1. The van der Waals surface area contributed by atoms with Gasteiger partial charge in [0.05, 0.1) is 0 Å². The first-order valence-electron chi connectivity index (χ1n) is 5.13. The molecule has 0 unspecified atom stereocenters. The summed E-state index contributed by atoms with van der Waals surface area (Å²) >= 11 is 5.61. The van der Waals surface area contributed by atoms with Crippen molar-refractivity contribution in [2.24, 2.45) is 0 Å². The van der Waals surface area contributed by atoms with Crippen LogP contribution in [0, 0.1) is 17.1 Å². The molecule has 2 aromatic rings. The van der Waals surface area contributed by atoms with Crippen LogP contribution in [0.3, 0.4) is 0 Å². The Morgan fingerprint density at radius 2 is 2.10 bits per heavy atom. The molecule has 1 heterocycles. The average Bonchev–Trinajstić information content (AvgIpc) is 2.38. The van der Waals surface area contributed by atoms with Crippen molar-refractivity contribution in [3.63, 3.8) is 0 Å². The number of nitrogens with zero attached hydrogens (tertiary/aromatic N) is 3. The minimum Gasteiger partial charge on any atom is -0.263 e. The first kappa shape index (κ1) is 14.2. The SMILES string of the molecule is N#Cc1c(F)cccc1S(=O)(=O)Nc1cc(Cl)ncn1. The number of anilines is 1. The largest absolute Gasteiger partial charge is 0.264 e. The molecule has 102 valence electrons. The number of benzene rings is 1. The van der Waals surface area contributed by atoms with Crippen LogP contribution < -0.4 is 4.72 Å². The summed E-state index contributed by atoms with van der Waals surface area (Å²) in [6, 6.07) is 6.01. The topological polar surface area (TPSA) is 95.7 Å². The summed E-state index contributed by atoms with van der Waals surface area (Å²) in [5.74, 6) is -1.01. The molecule has 1 N–H and O–H groups in total. The van der Waals surface area contributed by atoms with Gasteiger partial charge in [0.2, 0.25) is 0 Å². The molecule has 0 atom stereocenters. The molecule has 1 aromatic carbocycles. The Hall–Kier alpha value is -2.24. The Bertz CT molecular complexity index is 804. The van der Waals surface area contributed by atoms with Crippen LogP contribution in [0.15, 0.2) is 35.5 Å². The molecule has 0 saturated carbocycles. The van der Waals surface area contributed by atoms with Gasteiger partial charge in [-0.2, -0.15) is 5.26 Å². The zero-order valence-corrected chi connectivity index (χ0v) is 11.3. The van der Waals surface area contributed by atoms with Crippen molar-refractivity contribution >= 4 is 27.4 Å². The molecule has 0 radical (unpaired) electrons. The molecule has 6 nitrogen and oxygen atoms in total. The van der Waals surface area contributed by atoms with Gasteiger partial charge in [-0.05, 0) is 12.1 Å². The molecule has 0 saturated heterocycles. The number of hydrogen-bond donors (Lipinski definition) is 1. The van der Waals surface area contributed by atoms with E-state index in [1.165, 1.54) is 18.2 Å². The van der Waals surface area contributed by atoms with Crippen LogP contribution in [0.4, 0.5) is 10.2 Å². The van der Waals surface area contributed by atoms with Crippen molar-refractivity contribution in [3.05, 3.63) is 47.1 Å². The highest BCUT2D eigenvalue weighted by atomic mass is 35.5. The van der Waals surface area contributed by atoms with Gasteiger partial charge in [-0.15, -0.1) is 0 Å². The van der Waals surface area contributed by atoms with Crippen molar-refractivity contribution in [2.75, 3.05) is 4.72 Å². The third-order valence-electron chi connectivity index (χ3n) is 2.25. The number of sulfonamides is 1. The first-order valence-corrected chi connectivity index (χ1v) is 6.99. The van der Waals surface area contributed by atoms with Gasteiger partial charge in [0.1, 0.15) is 39.6 Å². The maximum Gasteiger partial charge on any atom is 0.264 e. The molecule has 0 aliphatic heterocycles. The molecule has 0 bridgehead atoms. The number of hydrogen-bond acceptors (Lipinski definition) is 5. The zero-order chi connectivity index (χ0) is 14.8. The summed E-state index contributed by atoms with van der Waals surface area (Å²) < 4.78 is 39.7. The lowest BCUT2D eigenvalue weighted by Gasteiger charge is -2.08. The predicted molar refractivity (Wildman–Crippen MR) is 69.0 cm³/mol. The molecule has 9 heteroatoms. The van der Waals surface area contributed by atoms with Crippen LogP contribution in [0.2, 0.25) is 5.15 Å². The fourth-order valence-electron chi connectivity index (χ4n) is 1.42. The van der Waals surface area contributed by atoms with E-state index >= 15 is 0 Å². The van der Waals surface area contributed by atoms with Crippen LogP contribution in [-0.2, 0) is 10.0 Å². The minimum atomic E-state index is -4.16. The van der Waals surface area contributed by atoms with E-state index in [1.807, 2.05) is 0 Å². The molecular formula is C11H6ClFN4O2S. The summed E-state index contributed by atoms with van der Waals surface area (Å²) in [6.07, 6.45) is 1.07. The number of rotatable bonds is 3. The standard InChI is InChI=1S/C11H6ClFN4O2S/c12-10-4-11(16-6-15-10)17-20(18,19)9-3-1-2-8(13)7(9)5-14/h1-4,6H,(H,15,16,17). The lowest BCUT2D eigenvalue weighted by Crippen LogP contribution is -2.16. The summed E-state index contributed by atoms with van der Waals surface area (Å²) in [4.78, 5) is 6.79. The summed E-state index contributed by atoms with van der Waals surface area (Å²) in [6.45, 7) is 0. The van der Waals surface area contributed by atoms with Crippen molar-refractivity contribution in [1.29, 1.82) is 5.26 Å². The van der Waals surface area contributed by atoms with Crippen molar-refractivity contribution in [2.45, 2.75) is 4.90 Å². The molecule has 0 aliphatic rings. The number of nitriles is 1. The second kappa shape index (κ2) is 5.40. The Labute approximate surface area is 118 Å². The van der Waals surface area contributed by atoms with Gasteiger partial charge in [-0.3, -0.25) is 4.72 Å². The van der Waals surface area contributed by atoms with E-state index in [0.29, 0.717) is 0 Å². The van der Waals surface area contributed by atoms with Crippen molar-refractivity contribution < 1.29 is 12.8 Å². The smallest absolute Gasteiger partial charge is 0.263 e. The second-order valence-electron chi connectivity index (χ2n) is 3.56. The van der Waals surface area contributed by atoms with Gasteiger partial charge in [0.15, 0.2) is 0 Å². The van der Waals surface area contributed by atoms with E-state index in [9.17, 15) is 12.8 Å². The molecule has 0 spiro atoms. The van der Waals surface area contributed by atoms with E-state index in [1.54, 1.807) is 0 Å². The van der Waals surface area contributed by atoms with Gasteiger partial charge in [0, 0.05) is 6.07 Å². The lowest BCUT2D eigenvalue weighted by atomic mass is 10.2. The second-order valence-corrected chi connectivity index (χ2v) is 5.59. The molecule has 0 aliphatic carbocycles. The lowest BCUT2D eigenvalue weighted by molar-refractivity contribution is 0.593. The Balaban J connectivity index is 2.47. The molecule has 2 rings (SSSR count). The minimum absolute atomic E-state index is 0.0393. The summed E-state index contributed by atoms with van der Waals surface area (Å²) in [5, 5.41) is 8.88. The van der Waals surface area contributed by atoms with E-state index in [-0.39, 0.29) is 11.0 Å². The highest BCUT2D eigenvalue weighted by molar-refractivity contribution is 7.92. The number of aromatic nitrogens is 2. The van der Waals surface area contributed by atoms with Crippen LogP contribution in [0.5, 0.6) is 0 Å². The Kier molecular flexibility index (Phi) is 3.83. The normalized spacial score (nSPS) is 10.8. The Morgan fingerprint density at radius 3 is 2.75 bits per heavy atom. The third-order valence-corrected chi connectivity index (χ3v) is 3.85. The van der Waals surface area contributed by atoms with Crippen LogP contribution in [-0.4, -0.2) is 18.4 Å². The van der Waals surface area contributed by atoms with Crippen LogP contribution in [0.25, 0.3) is 0 Å². The Morgan fingerprint density at radius 1 is 1.35 bits per heavy atom. The van der Waals surface area contributed by atoms with Gasteiger partial charge in [-0.1, -0.05) is 17.7 Å². The van der Waals surface area contributed by atoms with Crippen molar-refractivity contribution in [3.8, 4) is 6.07 Å².